The van der Waals surface area contributed by atoms with Crippen LogP contribution in [0.3, 0.4) is 0 Å². The van der Waals surface area contributed by atoms with Crippen molar-refractivity contribution in [2.24, 2.45) is 0 Å². The van der Waals surface area contributed by atoms with Gasteiger partial charge in [-0.25, -0.2) is 4.98 Å². The molecule has 0 bridgehead atoms. The molecule has 0 radical (unpaired) electrons. The summed E-state index contributed by atoms with van der Waals surface area (Å²) in [5.41, 5.74) is 1.97. The lowest BCUT2D eigenvalue weighted by Crippen LogP contribution is -2.37. The maximum absolute atomic E-state index is 9.70. The molecule has 7 heteroatoms. The summed E-state index contributed by atoms with van der Waals surface area (Å²) in [6.07, 6.45) is 8.57. The predicted octanol–water partition coefficient (Wildman–Crippen LogP) is 4.44. The molecule has 4 rings (SSSR count). The molecular formula is C26H33N5O2. The van der Waals surface area contributed by atoms with Crippen LogP contribution in [0.15, 0.2) is 48.5 Å². The molecule has 1 saturated carbocycles. The van der Waals surface area contributed by atoms with E-state index in [9.17, 15) is 5.11 Å². The van der Waals surface area contributed by atoms with Crippen LogP contribution in [-0.2, 0) is 0 Å². The van der Waals surface area contributed by atoms with E-state index in [1.807, 2.05) is 55.4 Å². The minimum absolute atomic E-state index is 0.158. The Hall–Kier alpha value is -3.32. The van der Waals surface area contributed by atoms with Gasteiger partial charge >= 0.3 is 0 Å². The second-order valence-corrected chi connectivity index (χ2v) is 8.72. The number of rotatable bonds is 8. The summed E-state index contributed by atoms with van der Waals surface area (Å²) in [4.78, 5) is 11.6. The van der Waals surface area contributed by atoms with Crippen molar-refractivity contribution >= 4 is 28.7 Å². The number of nitrogens with one attached hydrogen (secondary N) is 2. The Bertz CT molecular complexity index is 1110. The number of hydrogen-bond acceptors (Lipinski definition) is 7. The first-order valence-corrected chi connectivity index (χ1v) is 11.5. The zero-order valence-electron chi connectivity index (χ0n) is 19.6. The predicted molar refractivity (Wildman–Crippen MR) is 135 cm³/mol. The average Bonchev–Trinajstić information content (AvgIpc) is 2.83. The number of ether oxygens (including phenoxy) is 1. The maximum Gasteiger partial charge on any atom is 0.225 e. The number of aromatic hydroxyl groups is 1. The van der Waals surface area contributed by atoms with Gasteiger partial charge in [0.25, 0.3) is 0 Å². The Morgan fingerprint density at radius 3 is 2.58 bits per heavy atom. The molecule has 0 atom stereocenters. The second kappa shape index (κ2) is 10.5. The van der Waals surface area contributed by atoms with E-state index in [1.165, 1.54) is 0 Å². The number of aromatic nitrogens is 2. The van der Waals surface area contributed by atoms with Gasteiger partial charge in [0.05, 0.1) is 12.6 Å². The summed E-state index contributed by atoms with van der Waals surface area (Å²) in [5, 5.41) is 18.0. The summed E-state index contributed by atoms with van der Waals surface area (Å²) in [5.74, 6) is 2.30. The van der Waals surface area contributed by atoms with Gasteiger partial charge in [-0.15, -0.1) is 0 Å². The van der Waals surface area contributed by atoms with E-state index in [0.717, 1.165) is 54.5 Å². The molecule has 0 aliphatic heterocycles. The lowest BCUT2D eigenvalue weighted by atomic mass is 9.91. The molecule has 1 aliphatic carbocycles. The summed E-state index contributed by atoms with van der Waals surface area (Å²) < 4.78 is 5.16. The number of hydrogen-bond donors (Lipinski definition) is 3. The molecule has 1 heterocycles. The van der Waals surface area contributed by atoms with Crippen LogP contribution in [0.25, 0.3) is 17.0 Å². The van der Waals surface area contributed by atoms with E-state index >= 15 is 0 Å². The third-order valence-corrected chi connectivity index (χ3v) is 6.11. The van der Waals surface area contributed by atoms with Gasteiger partial charge in [0, 0.05) is 38.1 Å². The fraction of sp³-hybridized carbons (Fsp3) is 0.385. The zero-order chi connectivity index (χ0) is 23.2. The van der Waals surface area contributed by atoms with Crippen LogP contribution in [0.4, 0.5) is 11.8 Å². The van der Waals surface area contributed by atoms with Crippen molar-refractivity contribution in [3.63, 3.8) is 0 Å². The number of phenols is 1. The SMILES string of the molecule is COc1cc(/C=C/CN[C@H]2CC[C@@H](Nc3nc(N(C)C)c4ccccc4n3)CC2)ccc1O. The summed E-state index contributed by atoms with van der Waals surface area (Å²) in [6, 6.07) is 14.4. The van der Waals surface area contributed by atoms with Gasteiger partial charge in [-0.1, -0.05) is 30.4 Å². The summed E-state index contributed by atoms with van der Waals surface area (Å²) >= 11 is 0. The quantitative estimate of drug-likeness (QED) is 0.471. The second-order valence-electron chi connectivity index (χ2n) is 8.72. The van der Waals surface area contributed by atoms with Crippen LogP contribution in [0.2, 0.25) is 0 Å². The van der Waals surface area contributed by atoms with E-state index in [0.29, 0.717) is 23.8 Å². The largest absolute Gasteiger partial charge is 0.504 e. The van der Waals surface area contributed by atoms with Gasteiger partial charge in [0.15, 0.2) is 11.5 Å². The van der Waals surface area contributed by atoms with Crippen molar-refractivity contribution in [2.75, 3.05) is 38.0 Å². The molecule has 2 aromatic carbocycles. The van der Waals surface area contributed by atoms with Crippen molar-refractivity contribution < 1.29 is 9.84 Å². The molecule has 0 unspecified atom stereocenters. The number of nitrogens with zero attached hydrogens (tertiary/aromatic N) is 3. The van der Waals surface area contributed by atoms with E-state index in [2.05, 4.69) is 22.8 Å². The number of phenolic OH excluding ortho intramolecular Hbond substituents is 1. The van der Waals surface area contributed by atoms with Crippen molar-refractivity contribution in [2.45, 2.75) is 37.8 Å². The van der Waals surface area contributed by atoms with Crippen LogP contribution in [0.5, 0.6) is 11.5 Å². The van der Waals surface area contributed by atoms with E-state index < -0.39 is 0 Å². The molecule has 0 amide bonds. The first-order chi connectivity index (χ1) is 16.0. The van der Waals surface area contributed by atoms with E-state index in [-0.39, 0.29) is 5.75 Å². The van der Waals surface area contributed by atoms with E-state index in [1.54, 1.807) is 13.2 Å². The molecule has 33 heavy (non-hydrogen) atoms. The standard InChI is InChI=1S/C26H33N5O2/c1-31(2)25-21-8-4-5-9-22(21)29-26(30-25)28-20-13-11-19(12-14-20)27-16-6-7-18-10-15-23(32)24(17-18)33-3/h4-10,15,17,19-20,27,32H,11-14,16H2,1-3H3,(H,28,29,30)/b7-6+/t19-,20+. The number of fused-ring (bicyclic) bond motifs is 1. The highest BCUT2D eigenvalue weighted by molar-refractivity contribution is 5.90. The van der Waals surface area contributed by atoms with Gasteiger partial charge in [0.1, 0.15) is 5.82 Å². The molecule has 0 spiro atoms. The van der Waals surface area contributed by atoms with Crippen LogP contribution >= 0.6 is 0 Å². The third kappa shape index (κ3) is 5.73. The fourth-order valence-corrected chi connectivity index (χ4v) is 4.32. The molecule has 3 N–H and O–H groups in total. The van der Waals surface area contributed by atoms with Crippen molar-refractivity contribution in [1.29, 1.82) is 0 Å². The Balaban J connectivity index is 1.27. The number of benzene rings is 2. The molecule has 0 saturated heterocycles. The maximum atomic E-state index is 9.70. The minimum atomic E-state index is 0.158. The van der Waals surface area contributed by atoms with Crippen molar-refractivity contribution in [3.05, 3.63) is 54.1 Å². The first-order valence-electron chi connectivity index (χ1n) is 11.5. The number of anilines is 2. The summed E-state index contributed by atoms with van der Waals surface area (Å²) in [6.45, 7) is 0.811. The normalized spacial score (nSPS) is 18.5. The van der Waals surface area contributed by atoms with Crippen LogP contribution in [-0.4, -0.2) is 54.9 Å². The highest BCUT2D eigenvalue weighted by Gasteiger charge is 2.21. The van der Waals surface area contributed by atoms with E-state index in [4.69, 9.17) is 14.7 Å². The first kappa shape index (κ1) is 22.9. The fourth-order valence-electron chi connectivity index (χ4n) is 4.32. The molecule has 3 aromatic rings. The van der Waals surface area contributed by atoms with Gasteiger partial charge in [-0.2, -0.15) is 4.98 Å². The van der Waals surface area contributed by atoms with Gasteiger partial charge in [-0.3, -0.25) is 0 Å². The monoisotopic (exact) mass is 447 g/mol. The van der Waals surface area contributed by atoms with Gasteiger partial charge in [-0.05, 0) is 55.5 Å². The highest BCUT2D eigenvalue weighted by Crippen LogP contribution is 2.27. The zero-order valence-corrected chi connectivity index (χ0v) is 19.6. The highest BCUT2D eigenvalue weighted by atomic mass is 16.5. The molecular weight excluding hydrogens is 414 g/mol. The lowest BCUT2D eigenvalue weighted by Gasteiger charge is -2.29. The summed E-state index contributed by atoms with van der Waals surface area (Å²) in [7, 11) is 5.59. The van der Waals surface area contributed by atoms with Crippen molar-refractivity contribution in [1.82, 2.24) is 15.3 Å². The van der Waals surface area contributed by atoms with Crippen LogP contribution < -0.4 is 20.3 Å². The Labute approximate surface area is 195 Å². The average molecular weight is 448 g/mol. The molecule has 1 fully saturated rings. The smallest absolute Gasteiger partial charge is 0.225 e. The molecule has 174 valence electrons. The van der Waals surface area contributed by atoms with Gasteiger partial charge < -0.3 is 25.4 Å². The Morgan fingerprint density at radius 1 is 1.06 bits per heavy atom. The van der Waals surface area contributed by atoms with Crippen molar-refractivity contribution in [3.8, 4) is 11.5 Å². The van der Waals surface area contributed by atoms with Gasteiger partial charge in [0.2, 0.25) is 5.95 Å². The Morgan fingerprint density at radius 2 is 1.82 bits per heavy atom. The number of para-hydroxylation sites is 1. The molecule has 7 nitrogen and oxygen atoms in total. The topological polar surface area (TPSA) is 82.5 Å². The molecule has 1 aliphatic rings. The Kier molecular flexibility index (Phi) is 7.29. The number of methoxy groups -OCH3 is 1. The minimum Gasteiger partial charge on any atom is -0.504 e. The van der Waals surface area contributed by atoms with Crippen LogP contribution in [0.1, 0.15) is 31.2 Å². The lowest BCUT2D eigenvalue weighted by molar-refractivity contribution is 0.363. The van der Waals surface area contributed by atoms with Crippen LogP contribution in [0, 0.1) is 0 Å². The molecule has 1 aromatic heterocycles. The third-order valence-electron chi connectivity index (χ3n) is 6.11.